The van der Waals surface area contributed by atoms with E-state index in [1.165, 1.54) is 16.2 Å². The minimum absolute atomic E-state index is 0.144. The van der Waals surface area contributed by atoms with E-state index >= 15 is 0 Å². The number of nitrogens with zero attached hydrogens (tertiary/aromatic N) is 2. The van der Waals surface area contributed by atoms with Crippen LogP contribution >= 0.6 is 11.3 Å². The van der Waals surface area contributed by atoms with E-state index < -0.39 is 12.2 Å². The molecule has 0 bridgehead atoms. The van der Waals surface area contributed by atoms with Crippen LogP contribution in [0.2, 0.25) is 0 Å². The Morgan fingerprint density at radius 3 is 2.65 bits per heavy atom. The van der Waals surface area contributed by atoms with Crippen molar-refractivity contribution in [1.29, 1.82) is 0 Å². The lowest BCUT2D eigenvalue weighted by molar-refractivity contribution is 0.0572. The lowest BCUT2D eigenvalue weighted by atomic mass is 10.3. The van der Waals surface area contributed by atoms with Gasteiger partial charge < -0.3 is 20.8 Å². The Morgan fingerprint density at radius 2 is 2.18 bits per heavy atom. The highest BCUT2D eigenvalue weighted by Crippen LogP contribution is 2.19. The quantitative estimate of drug-likeness (QED) is 0.653. The first-order valence-electron chi connectivity index (χ1n) is 5.35. The van der Waals surface area contributed by atoms with Crippen LogP contribution in [0.1, 0.15) is 28.5 Å². The van der Waals surface area contributed by atoms with E-state index in [1.807, 2.05) is 0 Å². The Balaban J connectivity index is 2.09. The predicted octanol–water partition coefficient (Wildman–Crippen LogP) is -0.660. The van der Waals surface area contributed by atoms with Gasteiger partial charge in [0, 0.05) is 18.5 Å². The summed E-state index contributed by atoms with van der Waals surface area (Å²) in [6.07, 6.45) is -1.74. The van der Waals surface area contributed by atoms with Crippen LogP contribution in [0.3, 0.4) is 0 Å². The Morgan fingerprint density at radius 1 is 1.59 bits per heavy atom. The van der Waals surface area contributed by atoms with Gasteiger partial charge in [0.25, 0.3) is 5.91 Å². The van der Waals surface area contributed by atoms with Gasteiger partial charge in [0.05, 0.1) is 18.2 Å². The average Bonchev–Trinajstić information content (AvgIpc) is 2.86. The third kappa shape index (κ3) is 2.47. The SMILES string of the molecule is CC(N)c1nc(C(=O)N2CC(O)C(O)C2)cs1. The summed E-state index contributed by atoms with van der Waals surface area (Å²) in [6.45, 7) is 2.09. The first kappa shape index (κ1) is 12.4. The molecule has 94 valence electrons. The number of aliphatic hydroxyl groups excluding tert-OH is 2. The van der Waals surface area contributed by atoms with Crippen LogP contribution < -0.4 is 5.73 Å². The number of amides is 1. The van der Waals surface area contributed by atoms with Crippen LogP contribution in [0.5, 0.6) is 0 Å². The van der Waals surface area contributed by atoms with Crippen molar-refractivity contribution in [2.45, 2.75) is 25.2 Å². The fraction of sp³-hybridized carbons (Fsp3) is 0.600. The number of aromatic nitrogens is 1. The molecule has 1 aromatic heterocycles. The first-order valence-corrected chi connectivity index (χ1v) is 6.23. The molecule has 4 N–H and O–H groups in total. The summed E-state index contributed by atoms with van der Waals surface area (Å²) in [7, 11) is 0. The van der Waals surface area contributed by atoms with Gasteiger partial charge in [-0.3, -0.25) is 4.79 Å². The number of hydrogen-bond acceptors (Lipinski definition) is 6. The zero-order chi connectivity index (χ0) is 12.6. The number of nitrogens with two attached hydrogens (primary N) is 1. The van der Waals surface area contributed by atoms with Crippen molar-refractivity contribution >= 4 is 17.2 Å². The monoisotopic (exact) mass is 257 g/mol. The standard InChI is InChI=1S/C10H15N3O3S/c1-5(11)9-12-6(4-17-9)10(16)13-2-7(14)8(15)3-13/h4-5,7-8,14-15H,2-3,11H2,1H3. The maximum atomic E-state index is 12.0. The zero-order valence-electron chi connectivity index (χ0n) is 9.41. The van der Waals surface area contributed by atoms with E-state index in [0.717, 1.165) is 0 Å². The molecule has 0 radical (unpaired) electrons. The van der Waals surface area contributed by atoms with Crippen molar-refractivity contribution < 1.29 is 15.0 Å². The van der Waals surface area contributed by atoms with E-state index in [2.05, 4.69) is 4.98 Å². The van der Waals surface area contributed by atoms with Gasteiger partial charge in [-0.2, -0.15) is 0 Å². The van der Waals surface area contributed by atoms with Gasteiger partial charge in [-0.05, 0) is 6.92 Å². The lowest BCUT2D eigenvalue weighted by Gasteiger charge is -2.13. The molecular weight excluding hydrogens is 242 g/mol. The second-order valence-electron chi connectivity index (χ2n) is 4.20. The third-order valence-electron chi connectivity index (χ3n) is 2.68. The first-order chi connectivity index (χ1) is 7.99. The van der Waals surface area contributed by atoms with Crippen molar-refractivity contribution in [2.24, 2.45) is 5.73 Å². The van der Waals surface area contributed by atoms with E-state index in [1.54, 1.807) is 12.3 Å². The summed E-state index contributed by atoms with van der Waals surface area (Å²) in [5.74, 6) is -0.274. The number of carbonyl (C=O) groups excluding carboxylic acids is 1. The average molecular weight is 257 g/mol. The van der Waals surface area contributed by atoms with Crippen LogP contribution in [0.25, 0.3) is 0 Å². The summed E-state index contributed by atoms with van der Waals surface area (Å²) in [4.78, 5) is 17.5. The minimum Gasteiger partial charge on any atom is -0.388 e. The number of β-amino-alcohol motifs (C(OH)–C–C–N with tert-alkyl or cyclic N) is 2. The number of carbonyl (C=O) groups is 1. The smallest absolute Gasteiger partial charge is 0.273 e. The number of likely N-dealkylation sites (tertiary alicyclic amines) is 1. The molecular formula is C10H15N3O3S. The third-order valence-corrected chi connectivity index (χ3v) is 3.72. The fourth-order valence-electron chi connectivity index (χ4n) is 1.69. The molecule has 7 heteroatoms. The Labute approximate surface area is 103 Å². The maximum Gasteiger partial charge on any atom is 0.273 e. The molecule has 0 saturated carbocycles. The summed E-state index contributed by atoms with van der Waals surface area (Å²) >= 11 is 1.34. The Bertz CT molecular complexity index is 411. The van der Waals surface area contributed by atoms with Gasteiger partial charge in [-0.1, -0.05) is 0 Å². The number of thiazole rings is 1. The zero-order valence-corrected chi connectivity index (χ0v) is 10.2. The van der Waals surface area contributed by atoms with Gasteiger partial charge in [0.15, 0.2) is 0 Å². The van der Waals surface area contributed by atoms with Crippen molar-refractivity contribution in [3.05, 3.63) is 16.1 Å². The second-order valence-corrected chi connectivity index (χ2v) is 5.09. The van der Waals surface area contributed by atoms with Crippen LogP contribution in [-0.4, -0.2) is 51.3 Å². The molecule has 17 heavy (non-hydrogen) atoms. The topological polar surface area (TPSA) is 99.7 Å². The van der Waals surface area contributed by atoms with Crippen molar-refractivity contribution in [3.63, 3.8) is 0 Å². The summed E-state index contributed by atoms with van der Waals surface area (Å²) < 4.78 is 0. The molecule has 1 aliphatic rings. The highest BCUT2D eigenvalue weighted by Gasteiger charge is 2.33. The van der Waals surface area contributed by atoms with Gasteiger partial charge in [-0.15, -0.1) is 11.3 Å². The second kappa shape index (κ2) is 4.69. The van der Waals surface area contributed by atoms with Gasteiger partial charge in [-0.25, -0.2) is 4.98 Å². The molecule has 2 heterocycles. The highest BCUT2D eigenvalue weighted by atomic mass is 32.1. The fourth-order valence-corrected chi connectivity index (χ4v) is 2.44. The lowest BCUT2D eigenvalue weighted by Crippen LogP contribution is -2.30. The van der Waals surface area contributed by atoms with Crippen molar-refractivity contribution in [2.75, 3.05) is 13.1 Å². The molecule has 0 aliphatic carbocycles. The number of rotatable bonds is 2. The van der Waals surface area contributed by atoms with Crippen LogP contribution in [0.15, 0.2) is 5.38 Å². The molecule has 3 atom stereocenters. The molecule has 0 spiro atoms. The molecule has 1 saturated heterocycles. The molecule has 1 aromatic rings. The number of aliphatic hydroxyl groups is 2. The Kier molecular flexibility index (Phi) is 3.43. The summed E-state index contributed by atoms with van der Waals surface area (Å²) in [6, 6.07) is -0.198. The van der Waals surface area contributed by atoms with Crippen molar-refractivity contribution in [3.8, 4) is 0 Å². The summed E-state index contributed by atoms with van der Waals surface area (Å²) in [5, 5.41) is 21.1. The molecule has 3 unspecified atom stereocenters. The summed E-state index contributed by atoms with van der Waals surface area (Å²) in [5.41, 5.74) is 5.99. The number of hydrogen-bond donors (Lipinski definition) is 3. The minimum atomic E-state index is -0.870. The largest absolute Gasteiger partial charge is 0.388 e. The van der Waals surface area contributed by atoms with Crippen LogP contribution in [0.4, 0.5) is 0 Å². The van der Waals surface area contributed by atoms with Gasteiger partial charge in [0.1, 0.15) is 10.7 Å². The van der Waals surface area contributed by atoms with Crippen molar-refractivity contribution in [1.82, 2.24) is 9.88 Å². The van der Waals surface area contributed by atoms with Crippen LogP contribution in [-0.2, 0) is 0 Å². The van der Waals surface area contributed by atoms with Gasteiger partial charge in [0.2, 0.25) is 0 Å². The predicted molar refractivity (Wildman–Crippen MR) is 62.6 cm³/mol. The molecule has 6 nitrogen and oxygen atoms in total. The molecule has 2 rings (SSSR count). The van der Waals surface area contributed by atoms with E-state index in [-0.39, 0.29) is 25.0 Å². The normalized spacial score (nSPS) is 26.2. The maximum absolute atomic E-state index is 12.0. The van der Waals surface area contributed by atoms with Crippen LogP contribution in [0, 0.1) is 0 Å². The Hall–Kier alpha value is -1.02. The molecule has 1 aliphatic heterocycles. The van der Waals surface area contributed by atoms with E-state index in [9.17, 15) is 15.0 Å². The molecule has 1 amide bonds. The highest BCUT2D eigenvalue weighted by molar-refractivity contribution is 7.09. The molecule has 0 aromatic carbocycles. The molecule has 1 fully saturated rings. The van der Waals surface area contributed by atoms with E-state index in [0.29, 0.717) is 10.7 Å². The van der Waals surface area contributed by atoms with E-state index in [4.69, 9.17) is 5.73 Å². The van der Waals surface area contributed by atoms with Gasteiger partial charge >= 0.3 is 0 Å².